The summed E-state index contributed by atoms with van der Waals surface area (Å²) in [6.07, 6.45) is 0. The molecule has 12 heavy (non-hydrogen) atoms. The fraction of sp³-hybridized carbons (Fsp3) is 0.444. The number of nitrogens with zero attached hydrogens (tertiary/aromatic N) is 1. The van der Waals surface area contributed by atoms with Gasteiger partial charge in [0.25, 0.3) is 5.56 Å². The van der Waals surface area contributed by atoms with Crippen molar-refractivity contribution in [1.29, 1.82) is 0 Å². The molecule has 0 aliphatic rings. The van der Waals surface area contributed by atoms with Gasteiger partial charge in [-0.25, -0.2) is 0 Å². The molecule has 1 aromatic rings. The number of rotatable bonds is 3. The minimum Gasteiger partial charge on any atom is -0.361 e. The van der Waals surface area contributed by atoms with Gasteiger partial charge in [0.2, 0.25) is 0 Å². The van der Waals surface area contributed by atoms with Crippen molar-refractivity contribution >= 4 is 0 Å². The first-order chi connectivity index (χ1) is 5.75. The molecule has 0 aromatic carbocycles. The zero-order valence-corrected chi connectivity index (χ0v) is 7.41. The molecule has 1 aromatic heterocycles. The van der Waals surface area contributed by atoms with Gasteiger partial charge in [0.1, 0.15) is 6.73 Å². The van der Waals surface area contributed by atoms with Crippen molar-refractivity contribution in [2.75, 3.05) is 6.61 Å². The summed E-state index contributed by atoms with van der Waals surface area (Å²) >= 11 is 0. The number of hydrogen-bond donors (Lipinski definition) is 0. The van der Waals surface area contributed by atoms with Gasteiger partial charge in [-0.15, -0.1) is 0 Å². The Hall–Kier alpha value is -1.09. The smallest absolute Gasteiger partial charge is 0.252 e. The lowest BCUT2D eigenvalue weighted by molar-refractivity contribution is 0.0840. The van der Waals surface area contributed by atoms with Gasteiger partial charge in [-0.05, 0) is 19.9 Å². The van der Waals surface area contributed by atoms with E-state index in [4.69, 9.17) is 4.74 Å². The van der Waals surface area contributed by atoms with Crippen molar-refractivity contribution in [2.24, 2.45) is 0 Å². The predicted molar refractivity (Wildman–Crippen MR) is 47.1 cm³/mol. The number of aryl methyl sites for hydroxylation is 1. The van der Waals surface area contributed by atoms with E-state index in [1.54, 1.807) is 10.6 Å². The lowest BCUT2D eigenvalue weighted by atomic mass is 10.4. The molecule has 0 aliphatic heterocycles. The molecule has 0 saturated heterocycles. The molecule has 0 amide bonds. The van der Waals surface area contributed by atoms with E-state index in [2.05, 4.69) is 0 Å². The second-order valence-corrected chi connectivity index (χ2v) is 2.56. The van der Waals surface area contributed by atoms with Gasteiger partial charge < -0.3 is 4.74 Å². The molecule has 3 nitrogen and oxygen atoms in total. The molecule has 0 unspecified atom stereocenters. The van der Waals surface area contributed by atoms with Crippen LogP contribution in [0, 0.1) is 6.92 Å². The van der Waals surface area contributed by atoms with Crippen LogP contribution < -0.4 is 5.56 Å². The second kappa shape index (κ2) is 4.07. The standard InChI is InChI=1S/C9H13NO2/c1-3-12-7-10-8(2)5-4-6-9(10)11/h4-6H,3,7H2,1-2H3. The maximum absolute atomic E-state index is 11.2. The highest BCUT2D eigenvalue weighted by Crippen LogP contribution is 1.93. The fourth-order valence-corrected chi connectivity index (χ4v) is 0.971. The summed E-state index contributed by atoms with van der Waals surface area (Å²) in [7, 11) is 0. The zero-order chi connectivity index (χ0) is 8.97. The number of ether oxygens (including phenoxy) is 1. The van der Waals surface area contributed by atoms with Crippen LogP contribution in [0.4, 0.5) is 0 Å². The molecule has 1 heterocycles. The Morgan fingerprint density at radius 1 is 1.50 bits per heavy atom. The van der Waals surface area contributed by atoms with Gasteiger partial charge in [-0.1, -0.05) is 6.07 Å². The molecule has 0 aliphatic carbocycles. The Morgan fingerprint density at radius 3 is 2.83 bits per heavy atom. The van der Waals surface area contributed by atoms with Gasteiger partial charge in [-0.2, -0.15) is 0 Å². The molecule has 0 fully saturated rings. The molecule has 3 heteroatoms. The number of hydrogen-bond acceptors (Lipinski definition) is 2. The Morgan fingerprint density at radius 2 is 2.25 bits per heavy atom. The van der Waals surface area contributed by atoms with Crippen molar-refractivity contribution in [3.63, 3.8) is 0 Å². The monoisotopic (exact) mass is 167 g/mol. The van der Waals surface area contributed by atoms with E-state index in [1.807, 2.05) is 19.9 Å². The minimum atomic E-state index is -0.0107. The van der Waals surface area contributed by atoms with E-state index in [1.165, 1.54) is 6.07 Å². The first kappa shape index (κ1) is 9.00. The number of pyridine rings is 1. The van der Waals surface area contributed by atoms with E-state index < -0.39 is 0 Å². The average molecular weight is 167 g/mol. The highest BCUT2D eigenvalue weighted by Gasteiger charge is 1.96. The number of aromatic nitrogens is 1. The van der Waals surface area contributed by atoms with Crippen LogP contribution in [0.1, 0.15) is 12.6 Å². The van der Waals surface area contributed by atoms with Crippen LogP contribution >= 0.6 is 0 Å². The quantitative estimate of drug-likeness (QED) is 0.676. The van der Waals surface area contributed by atoms with Gasteiger partial charge in [0.05, 0.1) is 0 Å². The van der Waals surface area contributed by atoms with E-state index in [0.29, 0.717) is 13.3 Å². The molecule has 0 bridgehead atoms. The largest absolute Gasteiger partial charge is 0.361 e. The van der Waals surface area contributed by atoms with Crippen LogP contribution in [0.15, 0.2) is 23.0 Å². The molecule has 0 atom stereocenters. The molecular weight excluding hydrogens is 154 g/mol. The average Bonchev–Trinajstić information content (AvgIpc) is 2.04. The van der Waals surface area contributed by atoms with Crippen LogP contribution in [0.25, 0.3) is 0 Å². The van der Waals surface area contributed by atoms with E-state index >= 15 is 0 Å². The van der Waals surface area contributed by atoms with Crippen molar-refractivity contribution in [2.45, 2.75) is 20.6 Å². The van der Waals surface area contributed by atoms with Crippen LogP contribution in [0.2, 0.25) is 0 Å². The Kier molecular flexibility index (Phi) is 3.05. The van der Waals surface area contributed by atoms with Crippen LogP contribution in [-0.4, -0.2) is 11.2 Å². The van der Waals surface area contributed by atoms with Gasteiger partial charge in [0, 0.05) is 18.4 Å². The van der Waals surface area contributed by atoms with Crippen molar-refractivity contribution in [1.82, 2.24) is 4.57 Å². The molecule has 0 radical (unpaired) electrons. The summed E-state index contributed by atoms with van der Waals surface area (Å²) in [6, 6.07) is 5.17. The third kappa shape index (κ3) is 1.95. The first-order valence-corrected chi connectivity index (χ1v) is 4.00. The second-order valence-electron chi connectivity index (χ2n) is 2.56. The molecule has 0 saturated carbocycles. The fourth-order valence-electron chi connectivity index (χ4n) is 0.971. The predicted octanol–water partition coefficient (Wildman–Crippen LogP) is 1.15. The van der Waals surface area contributed by atoms with Crippen molar-refractivity contribution in [3.05, 3.63) is 34.2 Å². The Bertz CT molecular complexity index is 304. The molecular formula is C9H13NO2. The Balaban J connectivity index is 2.89. The summed E-state index contributed by atoms with van der Waals surface area (Å²) in [4.78, 5) is 11.2. The van der Waals surface area contributed by atoms with Crippen molar-refractivity contribution in [3.8, 4) is 0 Å². The van der Waals surface area contributed by atoms with Gasteiger partial charge in [-0.3, -0.25) is 9.36 Å². The normalized spacial score (nSPS) is 10.2. The summed E-state index contributed by atoms with van der Waals surface area (Å²) in [5, 5.41) is 0. The van der Waals surface area contributed by atoms with Gasteiger partial charge in [0.15, 0.2) is 0 Å². The summed E-state index contributed by atoms with van der Waals surface area (Å²) < 4.78 is 6.74. The molecule has 66 valence electrons. The first-order valence-electron chi connectivity index (χ1n) is 4.00. The van der Waals surface area contributed by atoms with E-state index in [-0.39, 0.29) is 5.56 Å². The lowest BCUT2D eigenvalue weighted by Crippen LogP contribution is -2.22. The molecule has 1 rings (SSSR count). The minimum absolute atomic E-state index is 0.0107. The van der Waals surface area contributed by atoms with Gasteiger partial charge >= 0.3 is 0 Å². The highest BCUT2D eigenvalue weighted by atomic mass is 16.5. The van der Waals surface area contributed by atoms with E-state index in [0.717, 1.165) is 5.69 Å². The van der Waals surface area contributed by atoms with Crippen LogP contribution in [0.3, 0.4) is 0 Å². The summed E-state index contributed by atoms with van der Waals surface area (Å²) in [5.41, 5.74) is 0.916. The third-order valence-electron chi connectivity index (χ3n) is 1.69. The Labute approximate surface area is 71.6 Å². The maximum Gasteiger partial charge on any atom is 0.252 e. The molecule has 0 spiro atoms. The molecule has 0 N–H and O–H groups in total. The SMILES string of the molecule is CCOCn1c(C)cccc1=O. The van der Waals surface area contributed by atoms with Crippen molar-refractivity contribution < 1.29 is 4.74 Å². The van der Waals surface area contributed by atoms with Crippen LogP contribution in [-0.2, 0) is 11.5 Å². The topological polar surface area (TPSA) is 31.2 Å². The third-order valence-corrected chi connectivity index (χ3v) is 1.69. The van der Waals surface area contributed by atoms with Crippen LogP contribution in [0.5, 0.6) is 0 Å². The van der Waals surface area contributed by atoms with E-state index in [9.17, 15) is 4.79 Å². The zero-order valence-electron chi connectivity index (χ0n) is 7.41. The lowest BCUT2D eigenvalue weighted by Gasteiger charge is -2.07. The summed E-state index contributed by atoms with van der Waals surface area (Å²) in [6.45, 7) is 4.77. The maximum atomic E-state index is 11.2. The highest BCUT2D eigenvalue weighted by molar-refractivity contribution is 5.03. The summed E-state index contributed by atoms with van der Waals surface area (Å²) in [5.74, 6) is 0.